The van der Waals surface area contributed by atoms with Gasteiger partial charge in [-0.15, -0.1) is 0 Å². The molecular formula is C18H26N4O3. The quantitative estimate of drug-likeness (QED) is 0.872. The van der Waals surface area contributed by atoms with Crippen LogP contribution in [0.25, 0.3) is 0 Å². The number of piperidine rings is 1. The molecule has 0 radical (unpaired) electrons. The maximum Gasteiger partial charge on any atom is 0.317 e. The summed E-state index contributed by atoms with van der Waals surface area (Å²) >= 11 is 0. The minimum Gasteiger partial charge on any atom is -0.481 e. The molecule has 1 atom stereocenters. The molecule has 3 rings (SSSR count). The maximum absolute atomic E-state index is 12.2. The molecule has 2 aliphatic heterocycles. The van der Waals surface area contributed by atoms with Crippen LogP contribution in [0, 0.1) is 5.41 Å². The summed E-state index contributed by atoms with van der Waals surface area (Å²) in [6.45, 7) is 4.92. The van der Waals surface area contributed by atoms with Gasteiger partial charge in [0.15, 0.2) is 0 Å². The molecule has 1 aromatic heterocycles. The van der Waals surface area contributed by atoms with Gasteiger partial charge in [0.05, 0.1) is 5.41 Å². The van der Waals surface area contributed by atoms with Gasteiger partial charge in [-0.25, -0.2) is 9.78 Å². The third-order valence-corrected chi connectivity index (χ3v) is 5.21. The molecule has 2 amide bonds. The van der Waals surface area contributed by atoms with E-state index in [4.69, 9.17) is 0 Å². The monoisotopic (exact) mass is 346 g/mol. The Morgan fingerprint density at radius 1 is 1.24 bits per heavy atom. The molecule has 2 saturated heterocycles. The van der Waals surface area contributed by atoms with Gasteiger partial charge < -0.3 is 20.2 Å². The van der Waals surface area contributed by atoms with Gasteiger partial charge in [-0.05, 0) is 44.2 Å². The van der Waals surface area contributed by atoms with Gasteiger partial charge in [-0.1, -0.05) is 6.07 Å². The van der Waals surface area contributed by atoms with E-state index in [0.717, 1.165) is 24.5 Å². The first-order valence-corrected chi connectivity index (χ1v) is 8.94. The first-order chi connectivity index (χ1) is 12.0. The van der Waals surface area contributed by atoms with Crippen molar-refractivity contribution in [2.45, 2.75) is 39.2 Å². The van der Waals surface area contributed by atoms with Crippen LogP contribution in [-0.2, 0) is 11.3 Å². The second-order valence-electron chi connectivity index (χ2n) is 7.27. The van der Waals surface area contributed by atoms with E-state index in [-0.39, 0.29) is 12.6 Å². The highest BCUT2D eigenvalue weighted by Crippen LogP contribution is 2.30. The zero-order valence-corrected chi connectivity index (χ0v) is 14.7. The molecule has 7 nitrogen and oxygen atoms in total. The number of likely N-dealkylation sites (tertiary alicyclic amines) is 1. The summed E-state index contributed by atoms with van der Waals surface area (Å²) < 4.78 is 0. The lowest BCUT2D eigenvalue weighted by molar-refractivity contribution is -0.147. The largest absolute Gasteiger partial charge is 0.481 e. The summed E-state index contributed by atoms with van der Waals surface area (Å²) in [7, 11) is 0. The number of nitrogens with zero attached hydrogens (tertiary/aromatic N) is 3. The molecule has 0 saturated carbocycles. The van der Waals surface area contributed by atoms with Crippen molar-refractivity contribution < 1.29 is 14.7 Å². The van der Waals surface area contributed by atoms with Crippen LogP contribution < -0.4 is 10.2 Å². The third-order valence-electron chi connectivity index (χ3n) is 5.21. The Labute approximate surface area is 148 Å². The predicted octanol–water partition coefficient (Wildman–Crippen LogP) is 2.08. The normalized spacial score (nSPS) is 23.6. The Morgan fingerprint density at radius 3 is 2.60 bits per heavy atom. The van der Waals surface area contributed by atoms with Crippen LogP contribution in [0.2, 0.25) is 0 Å². The van der Waals surface area contributed by atoms with Crippen LogP contribution in [0.3, 0.4) is 0 Å². The smallest absolute Gasteiger partial charge is 0.317 e. The van der Waals surface area contributed by atoms with Crippen LogP contribution in [0.15, 0.2) is 18.3 Å². The molecule has 2 N–H and O–H groups in total. The molecular weight excluding hydrogens is 320 g/mol. The van der Waals surface area contributed by atoms with Crippen molar-refractivity contribution in [2.75, 3.05) is 31.1 Å². The average Bonchev–Trinajstić information content (AvgIpc) is 3.05. The molecule has 2 fully saturated rings. The molecule has 0 aliphatic carbocycles. The van der Waals surface area contributed by atoms with Gasteiger partial charge in [0, 0.05) is 38.9 Å². The number of carbonyl (C=O) groups is 2. The molecule has 3 heterocycles. The van der Waals surface area contributed by atoms with Gasteiger partial charge in [0.2, 0.25) is 0 Å². The zero-order valence-electron chi connectivity index (χ0n) is 14.7. The first-order valence-electron chi connectivity index (χ1n) is 8.94. The van der Waals surface area contributed by atoms with E-state index in [2.05, 4.69) is 15.2 Å². The number of hydrogen-bond donors (Lipinski definition) is 2. The van der Waals surface area contributed by atoms with Gasteiger partial charge in [-0.3, -0.25) is 4.79 Å². The number of carbonyl (C=O) groups excluding carboxylic acids is 1. The molecule has 1 aromatic rings. The fourth-order valence-electron chi connectivity index (χ4n) is 3.43. The van der Waals surface area contributed by atoms with Crippen LogP contribution in [-0.4, -0.2) is 53.2 Å². The van der Waals surface area contributed by atoms with Crippen molar-refractivity contribution in [3.8, 4) is 0 Å². The summed E-state index contributed by atoms with van der Waals surface area (Å²) in [5.74, 6) is 0.145. The van der Waals surface area contributed by atoms with Crippen LogP contribution >= 0.6 is 0 Å². The van der Waals surface area contributed by atoms with Crippen LogP contribution in [0.5, 0.6) is 0 Å². The number of carboxylic acids is 1. The number of carboxylic acid groups (broad SMARTS) is 1. The van der Waals surface area contributed by atoms with E-state index in [0.29, 0.717) is 19.5 Å². The highest BCUT2D eigenvalue weighted by Gasteiger charge is 2.42. The summed E-state index contributed by atoms with van der Waals surface area (Å²) in [6, 6.07) is 3.78. The number of pyridine rings is 1. The van der Waals surface area contributed by atoms with E-state index in [1.54, 1.807) is 18.0 Å². The number of amides is 2. The van der Waals surface area contributed by atoms with Gasteiger partial charge >= 0.3 is 12.0 Å². The molecule has 0 bridgehead atoms. The molecule has 0 spiro atoms. The standard InChI is InChI=1S/C18H26N4O3/c1-18(16(23)24)7-10-22(13-18)17(25)20-12-14-5-6-15(19-11-14)21-8-3-2-4-9-21/h5-6,11H,2-4,7-10,12-13H2,1H3,(H,20,25)(H,23,24). The fraction of sp³-hybridized carbons (Fsp3) is 0.611. The minimum absolute atomic E-state index is 0.218. The van der Waals surface area contributed by atoms with Crippen molar-refractivity contribution in [3.63, 3.8) is 0 Å². The lowest BCUT2D eigenvalue weighted by atomic mass is 9.90. The molecule has 2 aliphatic rings. The third kappa shape index (κ3) is 4.03. The van der Waals surface area contributed by atoms with Gasteiger partial charge in [0.25, 0.3) is 0 Å². The Kier molecular flexibility index (Phi) is 5.11. The number of nitrogens with one attached hydrogen (secondary N) is 1. The van der Waals surface area contributed by atoms with Crippen molar-refractivity contribution in [3.05, 3.63) is 23.9 Å². The van der Waals surface area contributed by atoms with Crippen molar-refractivity contribution in [2.24, 2.45) is 5.41 Å². The van der Waals surface area contributed by atoms with Crippen LogP contribution in [0.1, 0.15) is 38.2 Å². The van der Waals surface area contributed by atoms with E-state index in [9.17, 15) is 14.7 Å². The summed E-state index contributed by atoms with van der Waals surface area (Å²) in [5.41, 5.74) is 0.101. The first kappa shape index (κ1) is 17.5. The van der Waals surface area contributed by atoms with Crippen molar-refractivity contribution in [1.29, 1.82) is 0 Å². The molecule has 136 valence electrons. The highest BCUT2D eigenvalue weighted by atomic mass is 16.4. The summed E-state index contributed by atoms with van der Waals surface area (Å²) in [4.78, 5) is 31.9. The van der Waals surface area contributed by atoms with E-state index in [1.807, 2.05) is 12.1 Å². The number of urea groups is 1. The van der Waals surface area contributed by atoms with E-state index >= 15 is 0 Å². The Hall–Kier alpha value is -2.31. The average molecular weight is 346 g/mol. The Morgan fingerprint density at radius 2 is 2.00 bits per heavy atom. The topological polar surface area (TPSA) is 85.8 Å². The highest BCUT2D eigenvalue weighted by molar-refractivity contribution is 5.79. The zero-order chi connectivity index (χ0) is 17.9. The maximum atomic E-state index is 12.2. The summed E-state index contributed by atoms with van der Waals surface area (Å²) in [5, 5.41) is 12.1. The Bertz CT molecular complexity index is 628. The van der Waals surface area contributed by atoms with Gasteiger partial charge in [0.1, 0.15) is 5.82 Å². The second kappa shape index (κ2) is 7.29. The fourth-order valence-corrected chi connectivity index (χ4v) is 3.43. The molecule has 1 unspecified atom stereocenters. The number of rotatable bonds is 4. The SMILES string of the molecule is CC1(C(=O)O)CCN(C(=O)NCc2ccc(N3CCCCC3)nc2)C1. The number of anilines is 1. The number of hydrogen-bond acceptors (Lipinski definition) is 4. The lowest BCUT2D eigenvalue weighted by Gasteiger charge is -2.27. The molecule has 7 heteroatoms. The summed E-state index contributed by atoms with van der Waals surface area (Å²) in [6.07, 6.45) is 6.00. The van der Waals surface area contributed by atoms with Crippen LogP contribution in [0.4, 0.5) is 10.6 Å². The number of aromatic nitrogens is 1. The van der Waals surface area contributed by atoms with Gasteiger partial charge in [-0.2, -0.15) is 0 Å². The van der Waals surface area contributed by atoms with E-state index < -0.39 is 11.4 Å². The van der Waals surface area contributed by atoms with E-state index in [1.165, 1.54) is 19.3 Å². The lowest BCUT2D eigenvalue weighted by Crippen LogP contribution is -2.40. The minimum atomic E-state index is -0.847. The molecule has 0 aromatic carbocycles. The van der Waals surface area contributed by atoms with Crippen molar-refractivity contribution in [1.82, 2.24) is 15.2 Å². The number of aliphatic carboxylic acids is 1. The Balaban J connectivity index is 1.50. The predicted molar refractivity (Wildman–Crippen MR) is 94.5 cm³/mol. The van der Waals surface area contributed by atoms with Crippen molar-refractivity contribution >= 4 is 17.8 Å². The molecule has 25 heavy (non-hydrogen) atoms. The second-order valence-corrected chi connectivity index (χ2v) is 7.27.